The molecule has 0 radical (unpaired) electrons. The first-order chi connectivity index (χ1) is 15.2. The molecule has 1 amide bonds. The van der Waals surface area contributed by atoms with Crippen LogP contribution in [-0.4, -0.2) is 103 Å². The molecule has 1 aliphatic heterocycles. The Morgan fingerprint density at radius 2 is 1.94 bits per heavy atom. The van der Waals surface area contributed by atoms with Crippen molar-refractivity contribution in [1.82, 2.24) is 20.3 Å². The van der Waals surface area contributed by atoms with E-state index >= 15 is 0 Å². The highest BCUT2D eigenvalue weighted by molar-refractivity contribution is 5.84. The minimum atomic E-state index is -1.81. The SMILES string of the molecule is CCOC(OCC)c1cn(CC(=O)N[C@H]2[C@H]([C@H](O)[C@H](O)CO)OC(C(=O)O)=C[C@@H]2O)nn1. The van der Waals surface area contributed by atoms with E-state index in [9.17, 15) is 24.9 Å². The number of carboxylic acid groups (broad SMARTS) is 1. The van der Waals surface area contributed by atoms with Gasteiger partial charge in [-0.1, -0.05) is 5.21 Å². The second-order valence-corrected chi connectivity index (χ2v) is 6.83. The zero-order valence-corrected chi connectivity index (χ0v) is 17.6. The minimum absolute atomic E-state index is 0.343. The Bertz CT molecular complexity index is 794. The van der Waals surface area contributed by atoms with Gasteiger partial charge in [0.1, 0.15) is 30.6 Å². The molecular formula is C18H28N4O10. The van der Waals surface area contributed by atoms with Gasteiger partial charge in [-0.3, -0.25) is 4.79 Å². The van der Waals surface area contributed by atoms with Crippen molar-refractivity contribution in [3.8, 4) is 0 Å². The first-order valence-electron chi connectivity index (χ1n) is 9.91. The normalized spacial score (nSPS) is 22.7. The number of aromatic nitrogens is 3. The van der Waals surface area contributed by atoms with Gasteiger partial charge in [0.05, 0.1) is 18.8 Å². The quantitative estimate of drug-likeness (QED) is 0.176. The van der Waals surface area contributed by atoms with Crippen molar-refractivity contribution in [1.29, 1.82) is 0 Å². The predicted molar refractivity (Wildman–Crippen MR) is 104 cm³/mol. The van der Waals surface area contributed by atoms with Gasteiger partial charge in [-0.15, -0.1) is 5.10 Å². The summed E-state index contributed by atoms with van der Waals surface area (Å²) in [5.74, 6) is -2.87. The van der Waals surface area contributed by atoms with E-state index in [1.165, 1.54) is 10.9 Å². The Morgan fingerprint density at radius 3 is 2.50 bits per heavy atom. The van der Waals surface area contributed by atoms with Crippen LogP contribution in [0.4, 0.5) is 0 Å². The lowest BCUT2D eigenvalue weighted by Gasteiger charge is -2.38. The van der Waals surface area contributed by atoms with Crippen molar-refractivity contribution in [2.24, 2.45) is 0 Å². The number of aliphatic hydroxyl groups is 4. The van der Waals surface area contributed by atoms with E-state index in [4.69, 9.17) is 24.4 Å². The van der Waals surface area contributed by atoms with Crippen LogP contribution in [0.2, 0.25) is 0 Å². The van der Waals surface area contributed by atoms with Crippen LogP contribution < -0.4 is 5.32 Å². The predicted octanol–water partition coefficient (Wildman–Crippen LogP) is -2.72. The van der Waals surface area contributed by atoms with Crippen LogP contribution in [0.15, 0.2) is 18.0 Å². The number of amides is 1. The van der Waals surface area contributed by atoms with Gasteiger partial charge < -0.3 is 45.1 Å². The summed E-state index contributed by atoms with van der Waals surface area (Å²) in [4.78, 5) is 23.7. The summed E-state index contributed by atoms with van der Waals surface area (Å²) >= 11 is 0. The second kappa shape index (κ2) is 11.8. The number of nitrogens with zero attached hydrogens (tertiary/aromatic N) is 3. The number of carboxylic acids is 1. The summed E-state index contributed by atoms with van der Waals surface area (Å²) in [5, 5.41) is 58.6. The van der Waals surface area contributed by atoms with Gasteiger partial charge >= 0.3 is 5.97 Å². The zero-order chi connectivity index (χ0) is 23.8. The van der Waals surface area contributed by atoms with Gasteiger partial charge in [0.25, 0.3) is 0 Å². The molecule has 1 aliphatic rings. The molecule has 0 aliphatic carbocycles. The first kappa shape index (κ1) is 25.6. The molecule has 2 rings (SSSR count). The van der Waals surface area contributed by atoms with E-state index in [-0.39, 0.29) is 6.54 Å². The molecule has 0 fully saturated rings. The van der Waals surface area contributed by atoms with Gasteiger partial charge in [-0.25, -0.2) is 9.48 Å². The molecule has 5 atom stereocenters. The Kier molecular flexibility index (Phi) is 9.49. The third-order valence-corrected chi connectivity index (χ3v) is 4.50. The van der Waals surface area contributed by atoms with E-state index in [1.807, 2.05) is 0 Å². The number of carbonyl (C=O) groups excluding carboxylic acids is 1. The van der Waals surface area contributed by atoms with Crippen LogP contribution in [0.5, 0.6) is 0 Å². The van der Waals surface area contributed by atoms with Crippen LogP contribution in [0, 0.1) is 0 Å². The number of nitrogens with one attached hydrogen (secondary N) is 1. The smallest absolute Gasteiger partial charge is 0.370 e. The molecule has 6 N–H and O–H groups in total. The van der Waals surface area contributed by atoms with Crippen LogP contribution >= 0.6 is 0 Å². The van der Waals surface area contributed by atoms with Crippen molar-refractivity contribution < 1.29 is 49.3 Å². The number of ether oxygens (including phenoxy) is 3. The Morgan fingerprint density at radius 1 is 1.28 bits per heavy atom. The minimum Gasteiger partial charge on any atom is -0.478 e. The highest BCUT2D eigenvalue weighted by Crippen LogP contribution is 2.23. The molecule has 180 valence electrons. The molecule has 2 heterocycles. The van der Waals surface area contributed by atoms with Crippen LogP contribution in [-0.2, 0) is 30.3 Å². The molecule has 32 heavy (non-hydrogen) atoms. The summed E-state index contributed by atoms with van der Waals surface area (Å²) in [6.45, 7) is 3.10. The zero-order valence-electron chi connectivity index (χ0n) is 17.6. The molecule has 1 aromatic heterocycles. The second-order valence-electron chi connectivity index (χ2n) is 6.83. The molecular weight excluding hydrogens is 432 g/mol. The fourth-order valence-electron chi connectivity index (χ4n) is 3.01. The number of aliphatic hydroxyl groups excluding tert-OH is 4. The molecule has 0 bridgehead atoms. The average molecular weight is 460 g/mol. The van der Waals surface area contributed by atoms with Crippen molar-refractivity contribution in [2.75, 3.05) is 19.8 Å². The van der Waals surface area contributed by atoms with Gasteiger partial charge in [0, 0.05) is 13.2 Å². The number of hydrogen-bond acceptors (Lipinski definition) is 11. The van der Waals surface area contributed by atoms with Gasteiger partial charge in [-0.2, -0.15) is 0 Å². The van der Waals surface area contributed by atoms with Crippen LogP contribution in [0.25, 0.3) is 0 Å². The monoisotopic (exact) mass is 460 g/mol. The molecule has 0 spiro atoms. The largest absolute Gasteiger partial charge is 0.478 e. The Labute approximate surface area is 183 Å². The lowest BCUT2D eigenvalue weighted by molar-refractivity contribution is -0.149. The summed E-state index contributed by atoms with van der Waals surface area (Å²) in [7, 11) is 0. The molecule has 1 aromatic rings. The Hall–Kier alpha value is -2.62. The fourth-order valence-corrected chi connectivity index (χ4v) is 3.01. The first-order valence-corrected chi connectivity index (χ1v) is 9.91. The fraction of sp³-hybridized carbons (Fsp3) is 0.667. The summed E-state index contributed by atoms with van der Waals surface area (Å²) < 4.78 is 17.2. The molecule has 0 unspecified atom stereocenters. The molecule has 0 aromatic carbocycles. The third kappa shape index (κ3) is 6.44. The number of hydrogen-bond donors (Lipinski definition) is 6. The molecule has 14 heteroatoms. The molecule has 0 saturated heterocycles. The average Bonchev–Trinajstić information content (AvgIpc) is 3.21. The summed E-state index contributed by atoms with van der Waals surface area (Å²) in [6.07, 6.45) is -5.09. The van der Waals surface area contributed by atoms with Crippen LogP contribution in [0.3, 0.4) is 0 Å². The molecule has 0 saturated carbocycles. The third-order valence-electron chi connectivity index (χ3n) is 4.50. The van der Waals surface area contributed by atoms with Crippen molar-refractivity contribution in [3.05, 3.63) is 23.7 Å². The van der Waals surface area contributed by atoms with E-state index in [1.54, 1.807) is 13.8 Å². The lowest BCUT2D eigenvalue weighted by atomic mass is 9.94. The molecule has 14 nitrogen and oxygen atoms in total. The van der Waals surface area contributed by atoms with E-state index in [0.29, 0.717) is 18.9 Å². The summed E-state index contributed by atoms with van der Waals surface area (Å²) in [5.41, 5.74) is 0.343. The maximum atomic E-state index is 12.5. The maximum Gasteiger partial charge on any atom is 0.370 e. The van der Waals surface area contributed by atoms with Crippen molar-refractivity contribution in [3.63, 3.8) is 0 Å². The topological polar surface area (TPSA) is 206 Å². The number of aliphatic carboxylic acids is 1. The van der Waals surface area contributed by atoms with E-state index in [0.717, 1.165) is 6.08 Å². The van der Waals surface area contributed by atoms with Gasteiger partial charge in [0.2, 0.25) is 18.0 Å². The Balaban J connectivity index is 2.13. The van der Waals surface area contributed by atoms with E-state index in [2.05, 4.69) is 15.6 Å². The highest BCUT2D eigenvalue weighted by Gasteiger charge is 2.43. The van der Waals surface area contributed by atoms with Gasteiger partial charge in [0.15, 0.2) is 6.10 Å². The highest BCUT2D eigenvalue weighted by atomic mass is 16.7. The number of rotatable bonds is 12. The number of carbonyl (C=O) groups is 2. The van der Waals surface area contributed by atoms with Crippen molar-refractivity contribution in [2.45, 2.75) is 57.1 Å². The van der Waals surface area contributed by atoms with Crippen LogP contribution in [0.1, 0.15) is 25.8 Å². The summed E-state index contributed by atoms with van der Waals surface area (Å²) in [6, 6.07) is -1.33. The van der Waals surface area contributed by atoms with E-state index < -0.39 is 61.0 Å². The standard InChI is InChI=1S/C18H28N4O10/c1-3-30-18(31-4-2)9-6-22(21-20-9)7-13(26)19-14-10(24)5-12(17(28)29)32-16(14)15(27)11(25)8-23/h5-6,10-11,14-16,18,23-25,27H,3-4,7-8H2,1-2H3,(H,19,26)(H,28,29)/t10-,11+,14+,15+,16+/m0/s1. The maximum absolute atomic E-state index is 12.5. The van der Waals surface area contributed by atoms with Crippen molar-refractivity contribution >= 4 is 11.9 Å². The van der Waals surface area contributed by atoms with Gasteiger partial charge in [-0.05, 0) is 19.9 Å². The lowest BCUT2D eigenvalue weighted by Crippen LogP contribution is -2.60.